The Morgan fingerprint density at radius 2 is 2.00 bits per heavy atom. The van der Waals surface area contributed by atoms with Gasteiger partial charge >= 0.3 is 11.9 Å². The van der Waals surface area contributed by atoms with Crippen LogP contribution < -0.4 is 0 Å². The summed E-state index contributed by atoms with van der Waals surface area (Å²) in [4.78, 5) is 27.2. The van der Waals surface area contributed by atoms with Crippen LogP contribution in [0, 0.1) is 5.92 Å². The molecule has 1 N–H and O–H groups in total. The third-order valence-corrected chi connectivity index (χ3v) is 5.22. The lowest BCUT2D eigenvalue weighted by Crippen LogP contribution is -2.53. The van der Waals surface area contributed by atoms with E-state index in [0.29, 0.717) is 18.0 Å². The highest BCUT2D eigenvalue weighted by molar-refractivity contribution is 5.89. The number of carbonyl (C=O) groups excluding carboxylic acids is 2. The molecule has 1 aromatic rings. The highest BCUT2D eigenvalue weighted by Gasteiger charge is 2.51. The fourth-order valence-electron chi connectivity index (χ4n) is 3.93. The van der Waals surface area contributed by atoms with Crippen LogP contribution in [0.25, 0.3) is 0 Å². The van der Waals surface area contributed by atoms with Crippen LogP contribution in [0.5, 0.6) is 0 Å². The van der Waals surface area contributed by atoms with Crippen LogP contribution in [0.2, 0.25) is 0 Å². The molecule has 0 radical (unpaired) electrons. The Kier molecular flexibility index (Phi) is 5.39. The van der Waals surface area contributed by atoms with E-state index in [9.17, 15) is 14.7 Å². The normalized spacial score (nSPS) is 29.9. The number of piperidine rings is 1. The van der Waals surface area contributed by atoms with Gasteiger partial charge in [-0.05, 0) is 38.9 Å². The minimum Gasteiger partial charge on any atom is -0.463 e. The zero-order chi connectivity index (χ0) is 18.0. The zero-order valence-electron chi connectivity index (χ0n) is 14.6. The van der Waals surface area contributed by atoms with E-state index in [1.807, 2.05) is 13.1 Å². The Morgan fingerprint density at radius 3 is 2.68 bits per heavy atom. The predicted molar refractivity (Wildman–Crippen MR) is 91.0 cm³/mol. The lowest BCUT2D eigenvalue weighted by atomic mass is 9.87. The van der Waals surface area contributed by atoms with Gasteiger partial charge in [-0.15, -0.1) is 0 Å². The van der Waals surface area contributed by atoms with Gasteiger partial charge in [0.05, 0.1) is 11.7 Å². The standard InChI is InChI=1S/C19H25NO5/c1-12(21)11-24-19(23)17-15-9-8-14(20(15)2)10-16(17)25-18(22)13-6-4-3-5-7-13/h3-7,12,14-17,21H,8-11H2,1-2H3/t12?,14?,15?,16-,17+/m0/s1. The molecule has 2 aliphatic heterocycles. The van der Waals surface area contributed by atoms with Gasteiger partial charge in [-0.2, -0.15) is 0 Å². The Hall–Kier alpha value is -1.92. The molecule has 5 atom stereocenters. The summed E-state index contributed by atoms with van der Waals surface area (Å²) in [5.41, 5.74) is 0.477. The summed E-state index contributed by atoms with van der Waals surface area (Å²) in [6.45, 7) is 1.52. The molecule has 0 spiro atoms. The zero-order valence-corrected chi connectivity index (χ0v) is 14.6. The van der Waals surface area contributed by atoms with E-state index in [1.54, 1.807) is 31.2 Å². The van der Waals surface area contributed by atoms with Gasteiger partial charge in [0.2, 0.25) is 0 Å². The maximum absolute atomic E-state index is 12.6. The van der Waals surface area contributed by atoms with Gasteiger partial charge in [0.1, 0.15) is 18.6 Å². The van der Waals surface area contributed by atoms with Crippen molar-refractivity contribution in [3.8, 4) is 0 Å². The number of hydrogen-bond donors (Lipinski definition) is 1. The first-order valence-corrected chi connectivity index (χ1v) is 8.80. The number of nitrogens with zero attached hydrogens (tertiary/aromatic N) is 1. The number of ether oxygens (including phenoxy) is 2. The number of aliphatic hydroxyl groups excluding tert-OH is 1. The molecule has 25 heavy (non-hydrogen) atoms. The molecule has 6 nitrogen and oxygen atoms in total. The molecule has 2 heterocycles. The minimum absolute atomic E-state index is 0.00817. The highest BCUT2D eigenvalue weighted by Crippen LogP contribution is 2.40. The SMILES string of the molecule is CC(O)COC(=O)[C@@H]1C2CCC(C[C@@H]1OC(=O)c1ccccc1)N2C. The first-order chi connectivity index (χ1) is 12.0. The van der Waals surface area contributed by atoms with Gasteiger partial charge in [-0.1, -0.05) is 18.2 Å². The number of fused-ring (bicyclic) bond motifs is 2. The van der Waals surface area contributed by atoms with Crippen LogP contribution in [0.15, 0.2) is 30.3 Å². The van der Waals surface area contributed by atoms with Gasteiger partial charge in [-0.25, -0.2) is 4.79 Å². The van der Waals surface area contributed by atoms with Crippen LogP contribution in [-0.4, -0.2) is 59.9 Å². The van der Waals surface area contributed by atoms with E-state index in [2.05, 4.69) is 4.90 Å². The van der Waals surface area contributed by atoms with E-state index in [0.717, 1.165) is 12.8 Å². The maximum atomic E-state index is 12.6. The van der Waals surface area contributed by atoms with Crippen molar-refractivity contribution in [1.82, 2.24) is 4.90 Å². The van der Waals surface area contributed by atoms with Crippen LogP contribution in [-0.2, 0) is 14.3 Å². The molecular weight excluding hydrogens is 322 g/mol. The molecule has 0 saturated carbocycles. The monoisotopic (exact) mass is 347 g/mol. The molecule has 2 aliphatic rings. The molecule has 136 valence electrons. The van der Waals surface area contributed by atoms with Crippen LogP contribution in [0.3, 0.4) is 0 Å². The average Bonchev–Trinajstić information content (AvgIpc) is 2.83. The lowest BCUT2D eigenvalue weighted by Gasteiger charge is -2.41. The quantitative estimate of drug-likeness (QED) is 0.816. The van der Waals surface area contributed by atoms with Gasteiger partial charge in [0, 0.05) is 18.5 Å². The highest BCUT2D eigenvalue weighted by atomic mass is 16.6. The number of hydrogen-bond acceptors (Lipinski definition) is 6. The van der Waals surface area contributed by atoms with Gasteiger partial charge in [-0.3, -0.25) is 9.69 Å². The molecule has 2 fully saturated rings. The molecule has 3 rings (SSSR count). The van der Waals surface area contributed by atoms with Crippen LogP contribution in [0.4, 0.5) is 0 Å². The smallest absolute Gasteiger partial charge is 0.338 e. The van der Waals surface area contributed by atoms with Crippen molar-refractivity contribution < 1.29 is 24.2 Å². The average molecular weight is 347 g/mol. The number of esters is 2. The van der Waals surface area contributed by atoms with E-state index in [-0.39, 0.29) is 12.6 Å². The lowest BCUT2D eigenvalue weighted by molar-refractivity contribution is -0.161. The number of carbonyl (C=O) groups is 2. The van der Waals surface area contributed by atoms with E-state index in [1.165, 1.54) is 0 Å². The van der Waals surface area contributed by atoms with Gasteiger partial charge < -0.3 is 14.6 Å². The van der Waals surface area contributed by atoms with Crippen molar-refractivity contribution in [3.05, 3.63) is 35.9 Å². The first-order valence-electron chi connectivity index (χ1n) is 8.80. The minimum atomic E-state index is -0.716. The summed E-state index contributed by atoms with van der Waals surface area (Å²) in [6, 6.07) is 9.13. The van der Waals surface area contributed by atoms with Crippen molar-refractivity contribution in [1.29, 1.82) is 0 Å². The molecular formula is C19H25NO5. The summed E-state index contributed by atoms with van der Waals surface area (Å²) in [5, 5.41) is 9.37. The second-order valence-corrected chi connectivity index (χ2v) is 7.01. The third-order valence-electron chi connectivity index (χ3n) is 5.22. The van der Waals surface area contributed by atoms with Crippen molar-refractivity contribution in [3.63, 3.8) is 0 Å². The molecule has 1 aromatic carbocycles. The van der Waals surface area contributed by atoms with Crippen LogP contribution >= 0.6 is 0 Å². The summed E-state index contributed by atoms with van der Waals surface area (Å²) in [5.74, 6) is -1.33. The summed E-state index contributed by atoms with van der Waals surface area (Å²) < 4.78 is 11.0. The predicted octanol–water partition coefficient (Wildman–Crippen LogP) is 1.62. The maximum Gasteiger partial charge on any atom is 0.338 e. The molecule has 0 aromatic heterocycles. The van der Waals surface area contributed by atoms with Crippen molar-refractivity contribution in [2.24, 2.45) is 5.92 Å². The molecule has 2 saturated heterocycles. The van der Waals surface area contributed by atoms with Gasteiger partial charge in [0.15, 0.2) is 0 Å². The van der Waals surface area contributed by atoms with Gasteiger partial charge in [0.25, 0.3) is 0 Å². The Bertz CT molecular complexity index is 618. The summed E-state index contributed by atoms with van der Waals surface area (Å²) in [6.07, 6.45) is 1.28. The van der Waals surface area contributed by atoms with Crippen LogP contribution in [0.1, 0.15) is 36.5 Å². The Balaban J connectivity index is 1.75. The van der Waals surface area contributed by atoms with E-state index < -0.39 is 30.1 Å². The van der Waals surface area contributed by atoms with E-state index in [4.69, 9.17) is 9.47 Å². The number of rotatable bonds is 5. The molecule has 2 bridgehead atoms. The molecule has 0 amide bonds. The fraction of sp³-hybridized carbons (Fsp3) is 0.579. The summed E-state index contributed by atoms with van der Waals surface area (Å²) >= 11 is 0. The Labute approximate surface area is 147 Å². The number of aliphatic hydroxyl groups is 1. The van der Waals surface area contributed by atoms with Crippen molar-refractivity contribution in [2.75, 3.05) is 13.7 Å². The second-order valence-electron chi connectivity index (χ2n) is 7.01. The molecule has 0 aliphatic carbocycles. The molecule has 6 heteroatoms. The third kappa shape index (κ3) is 3.85. The van der Waals surface area contributed by atoms with E-state index >= 15 is 0 Å². The Morgan fingerprint density at radius 1 is 1.28 bits per heavy atom. The fourth-order valence-corrected chi connectivity index (χ4v) is 3.93. The topological polar surface area (TPSA) is 76.1 Å². The van der Waals surface area contributed by atoms with Crippen molar-refractivity contribution >= 4 is 11.9 Å². The second kappa shape index (κ2) is 7.54. The molecule has 3 unspecified atom stereocenters. The summed E-state index contributed by atoms with van der Waals surface area (Å²) in [7, 11) is 2.01. The van der Waals surface area contributed by atoms with Crippen molar-refractivity contribution in [2.45, 2.75) is 50.5 Å². The number of benzene rings is 1. The first kappa shape index (κ1) is 17.9. The largest absolute Gasteiger partial charge is 0.463 e.